The molecule has 8 heteroatoms. The van der Waals surface area contributed by atoms with Crippen LogP contribution in [0, 0.1) is 11.8 Å². The lowest BCUT2D eigenvalue weighted by Crippen LogP contribution is -2.58. The number of rotatable bonds is 3. The van der Waals surface area contributed by atoms with Crippen molar-refractivity contribution in [2.24, 2.45) is 11.8 Å². The highest BCUT2D eigenvalue weighted by molar-refractivity contribution is 5.75. The third-order valence-corrected chi connectivity index (χ3v) is 9.98. The maximum Gasteiger partial charge on any atom is 0.334 e. The van der Waals surface area contributed by atoms with E-state index in [9.17, 15) is 14.4 Å². The topological polar surface area (TPSA) is 93.0 Å². The minimum absolute atomic E-state index is 0.0499. The summed E-state index contributed by atoms with van der Waals surface area (Å²) >= 11 is 0. The molecule has 0 spiro atoms. The number of H-pyrrole nitrogens is 1. The number of para-hydroxylation sites is 2. The molecule has 2 aromatic heterocycles. The van der Waals surface area contributed by atoms with Crippen molar-refractivity contribution >= 4 is 11.0 Å². The van der Waals surface area contributed by atoms with Crippen molar-refractivity contribution in [1.82, 2.24) is 24.0 Å². The van der Waals surface area contributed by atoms with E-state index >= 15 is 0 Å². The molecule has 0 radical (unpaired) electrons. The molecule has 3 aromatic rings. The van der Waals surface area contributed by atoms with Gasteiger partial charge in [0, 0.05) is 36.4 Å². The van der Waals surface area contributed by atoms with Gasteiger partial charge in [-0.15, -0.1) is 0 Å². The van der Waals surface area contributed by atoms with Crippen molar-refractivity contribution in [2.75, 3.05) is 0 Å². The Morgan fingerprint density at radius 2 is 1.45 bits per heavy atom. The molecule has 2 aliphatic heterocycles. The maximum absolute atomic E-state index is 14.0. The largest absolute Gasteiger partial charge is 0.334 e. The molecule has 7 rings (SSSR count). The van der Waals surface area contributed by atoms with E-state index in [4.69, 9.17) is 0 Å². The van der Waals surface area contributed by atoms with E-state index in [1.54, 1.807) is 0 Å². The highest BCUT2D eigenvalue weighted by Gasteiger charge is 2.45. The smallest absolute Gasteiger partial charge is 0.300 e. The van der Waals surface area contributed by atoms with Crippen molar-refractivity contribution in [2.45, 2.75) is 101 Å². The van der Waals surface area contributed by atoms with E-state index in [1.807, 2.05) is 28.8 Å². The maximum atomic E-state index is 14.0. The summed E-state index contributed by atoms with van der Waals surface area (Å²) in [4.78, 5) is 48.1. The third-order valence-electron chi connectivity index (χ3n) is 9.98. The summed E-state index contributed by atoms with van der Waals surface area (Å²) in [6.45, 7) is 0. The first kappa shape index (κ1) is 24.1. The van der Waals surface area contributed by atoms with E-state index < -0.39 is 11.2 Å². The van der Waals surface area contributed by atoms with Gasteiger partial charge in [0.1, 0.15) is 0 Å². The molecule has 38 heavy (non-hydrogen) atoms. The molecule has 8 nitrogen and oxygen atoms in total. The van der Waals surface area contributed by atoms with Gasteiger partial charge >= 0.3 is 5.69 Å². The lowest BCUT2D eigenvalue weighted by atomic mass is 9.73. The molecule has 200 valence electrons. The Balaban J connectivity index is 1.27. The van der Waals surface area contributed by atoms with Gasteiger partial charge in [0.25, 0.3) is 11.1 Å². The summed E-state index contributed by atoms with van der Waals surface area (Å²) in [6.07, 6.45) is 16.7. The minimum Gasteiger partial charge on any atom is -0.300 e. The molecule has 1 N–H and O–H groups in total. The van der Waals surface area contributed by atoms with Crippen LogP contribution in [0.2, 0.25) is 0 Å². The molecule has 2 aliphatic carbocycles. The number of hydrogen-bond acceptors (Lipinski definition) is 5. The van der Waals surface area contributed by atoms with E-state index in [2.05, 4.69) is 14.9 Å². The molecule has 6 atom stereocenters. The standard InChI is InChI=1S/C30H37N5O3/c36-27-12-13-33(30(38)32-27)28-29(37)35(26-11-4-3-10-25(26)31-28)24-17-21-8-5-9-22(18-24)34(21)23-15-19-6-1-2-7-20(14-19)16-23/h3-4,10-13,19-24H,1-2,5-9,14-18H2,(H,32,36,38)/t19-,20+,21-,22+,23?,24?. The summed E-state index contributed by atoms with van der Waals surface area (Å²) in [6, 6.07) is 10.7. The predicted octanol–water partition coefficient (Wildman–Crippen LogP) is 4.15. The van der Waals surface area contributed by atoms with Crippen LogP contribution < -0.4 is 16.8 Å². The lowest BCUT2D eigenvalue weighted by Gasteiger charge is -2.54. The zero-order valence-electron chi connectivity index (χ0n) is 21.9. The van der Waals surface area contributed by atoms with Crippen LogP contribution >= 0.6 is 0 Å². The van der Waals surface area contributed by atoms with E-state index in [0.29, 0.717) is 23.6 Å². The quantitative estimate of drug-likeness (QED) is 0.566. The lowest BCUT2D eigenvalue weighted by molar-refractivity contribution is -0.0420. The number of aromatic nitrogens is 4. The summed E-state index contributed by atoms with van der Waals surface area (Å²) in [5.74, 6) is 1.84. The monoisotopic (exact) mass is 515 g/mol. The van der Waals surface area contributed by atoms with Gasteiger partial charge in [0.2, 0.25) is 5.82 Å². The Morgan fingerprint density at radius 3 is 2.16 bits per heavy atom. The number of nitrogens with one attached hydrogen (secondary N) is 1. The summed E-state index contributed by atoms with van der Waals surface area (Å²) in [7, 11) is 0. The van der Waals surface area contributed by atoms with E-state index in [0.717, 1.165) is 30.2 Å². The first-order chi connectivity index (χ1) is 18.5. The van der Waals surface area contributed by atoms with E-state index in [1.165, 1.54) is 81.0 Å². The molecule has 4 heterocycles. The Bertz CT molecular complexity index is 1490. The van der Waals surface area contributed by atoms with Crippen LogP contribution in [0.4, 0.5) is 0 Å². The molecule has 4 bridgehead atoms. The number of aromatic amines is 1. The summed E-state index contributed by atoms with van der Waals surface area (Å²) in [5, 5.41) is 0. The average Bonchev–Trinajstić information content (AvgIpc) is 3.07. The second kappa shape index (κ2) is 9.63. The number of piperidine rings is 2. The molecular weight excluding hydrogens is 478 g/mol. The zero-order chi connectivity index (χ0) is 25.8. The molecule has 2 unspecified atom stereocenters. The molecule has 4 aliphatic rings. The van der Waals surface area contributed by atoms with Gasteiger partial charge in [-0.25, -0.2) is 14.3 Å². The molecule has 2 saturated carbocycles. The van der Waals surface area contributed by atoms with Crippen molar-refractivity contribution in [3.63, 3.8) is 0 Å². The van der Waals surface area contributed by atoms with Crippen LogP contribution in [-0.2, 0) is 0 Å². The van der Waals surface area contributed by atoms with Crippen LogP contribution in [0.15, 0.2) is 50.9 Å². The first-order valence-corrected chi connectivity index (χ1v) is 14.7. The van der Waals surface area contributed by atoms with Gasteiger partial charge in [-0.1, -0.05) is 44.2 Å². The van der Waals surface area contributed by atoms with Gasteiger partial charge in [-0.3, -0.25) is 19.5 Å². The molecule has 2 saturated heterocycles. The van der Waals surface area contributed by atoms with Crippen LogP contribution in [-0.4, -0.2) is 42.1 Å². The average molecular weight is 516 g/mol. The Kier molecular flexibility index (Phi) is 6.10. The van der Waals surface area contributed by atoms with Crippen molar-refractivity contribution in [1.29, 1.82) is 0 Å². The fraction of sp³-hybridized carbons (Fsp3) is 0.600. The summed E-state index contributed by atoms with van der Waals surface area (Å²) < 4.78 is 3.09. The van der Waals surface area contributed by atoms with Crippen LogP contribution in [0.3, 0.4) is 0 Å². The normalized spacial score (nSPS) is 31.7. The third kappa shape index (κ3) is 4.17. The second-order valence-electron chi connectivity index (χ2n) is 12.3. The van der Waals surface area contributed by atoms with E-state index in [-0.39, 0.29) is 17.4 Å². The number of hydrogen-bond donors (Lipinski definition) is 1. The Hall–Kier alpha value is -3.00. The van der Waals surface area contributed by atoms with Gasteiger partial charge in [0.05, 0.1) is 11.0 Å². The van der Waals surface area contributed by atoms with Crippen molar-refractivity contribution < 1.29 is 0 Å². The number of benzene rings is 1. The van der Waals surface area contributed by atoms with Crippen molar-refractivity contribution in [3.05, 3.63) is 67.7 Å². The summed E-state index contributed by atoms with van der Waals surface area (Å²) in [5.41, 5.74) is 0.102. The fourth-order valence-electron chi connectivity index (χ4n) is 8.55. The zero-order valence-corrected chi connectivity index (χ0v) is 21.9. The second-order valence-corrected chi connectivity index (χ2v) is 12.3. The minimum atomic E-state index is -0.644. The first-order valence-electron chi connectivity index (χ1n) is 14.7. The number of fused-ring (bicyclic) bond motifs is 5. The fourth-order valence-corrected chi connectivity index (χ4v) is 8.55. The van der Waals surface area contributed by atoms with Gasteiger partial charge in [-0.2, -0.15) is 0 Å². The van der Waals surface area contributed by atoms with Crippen LogP contribution in [0.5, 0.6) is 0 Å². The molecular formula is C30H37N5O3. The highest BCUT2D eigenvalue weighted by atomic mass is 16.2. The predicted molar refractivity (Wildman–Crippen MR) is 147 cm³/mol. The Labute approximate surface area is 221 Å². The van der Waals surface area contributed by atoms with Gasteiger partial charge in [0.15, 0.2) is 0 Å². The number of nitrogens with zero attached hydrogens (tertiary/aromatic N) is 4. The van der Waals surface area contributed by atoms with Gasteiger partial charge < -0.3 is 4.57 Å². The molecule has 4 fully saturated rings. The highest BCUT2D eigenvalue weighted by Crippen LogP contribution is 2.47. The SMILES string of the molecule is O=c1ccn(-c2nc3ccccc3n(C3C[C@H]4CCC[C@@H](C3)N4C3C[C@H]4CCCC[C@@H](C3)C4)c2=O)c(=O)[nH]1. The van der Waals surface area contributed by atoms with Crippen LogP contribution in [0.1, 0.15) is 83.1 Å². The molecule has 0 amide bonds. The van der Waals surface area contributed by atoms with Gasteiger partial charge in [-0.05, 0) is 68.9 Å². The Morgan fingerprint density at radius 1 is 0.737 bits per heavy atom. The molecule has 1 aromatic carbocycles. The van der Waals surface area contributed by atoms with Crippen LogP contribution in [0.25, 0.3) is 16.9 Å². The van der Waals surface area contributed by atoms with Crippen molar-refractivity contribution in [3.8, 4) is 5.82 Å².